The van der Waals surface area contributed by atoms with Crippen LogP contribution in [0.2, 0.25) is 5.02 Å². The fourth-order valence-corrected chi connectivity index (χ4v) is 3.60. The number of ether oxygens (including phenoxy) is 1. The Bertz CT molecular complexity index is 737. The number of benzene rings is 1. The summed E-state index contributed by atoms with van der Waals surface area (Å²) in [5.41, 5.74) is 6.91. The Labute approximate surface area is 149 Å². The van der Waals surface area contributed by atoms with Crippen molar-refractivity contribution in [1.29, 1.82) is 0 Å². The van der Waals surface area contributed by atoms with Crippen LogP contribution in [-0.2, 0) is 6.54 Å². The van der Waals surface area contributed by atoms with Gasteiger partial charge in [0.05, 0.1) is 12.8 Å². The number of carbonyl (C=O) groups excluding carboxylic acids is 1. The Morgan fingerprint density at radius 1 is 1.58 bits per heavy atom. The molecule has 2 aromatic rings. The second kappa shape index (κ2) is 7.38. The molecule has 1 aliphatic heterocycles. The van der Waals surface area contributed by atoms with Crippen molar-refractivity contribution < 1.29 is 9.53 Å². The Balaban J connectivity index is 1.65. The lowest BCUT2D eigenvalue weighted by atomic mass is 10.2. The second-order valence-electron chi connectivity index (χ2n) is 5.55. The topological polar surface area (TPSA) is 80.5 Å². The number of anilines is 1. The summed E-state index contributed by atoms with van der Waals surface area (Å²) in [6, 6.07) is 5.60. The maximum absolute atomic E-state index is 12.3. The van der Waals surface area contributed by atoms with Crippen LogP contribution in [0.1, 0.15) is 21.9 Å². The van der Waals surface area contributed by atoms with E-state index in [0.717, 1.165) is 29.4 Å². The lowest BCUT2D eigenvalue weighted by Gasteiger charge is -2.21. The minimum atomic E-state index is -0.157. The van der Waals surface area contributed by atoms with E-state index in [2.05, 4.69) is 15.2 Å². The van der Waals surface area contributed by atoms with Gasteiger partial charge in [-0.15, -0.1) is 11.3 Å². The standard InChI is InChI=1S/C16H19ClN4O2S/c1-23-14-3-2-10(17)6-13(14)21-5-4-11(8-21)19-16(22)12-9-24-15(7-18)20-12/h2-3,6,9,11H,4-5,7-8,18H2,1H3,(H,19,22). The number of hydrogen-bond donors (Lipinski definition) is 2. The summed E-state index contributed by atoms with van der Waals surface area (Å²) in [5, 5.41) is 6.20. The summed E-state index contributed by atoms with van der Waals surface area (Å²) in [6.45, 7) is 1.88. The highest BCUT2D eigenvalue weighted by Gasteiger charge is 2.27. The molecule has 128 valence electrons. The van der Waals surface area contributed by atoms with Crippen LogP contribution in [0.3, 0.4) is 0 Å². The zero-order valence-electron chi connectivity index (χ0n) is 13.3. The number of aromatic nitrogens is 1. The first kappa shape index (κ1) is 17.0. The van der Waals surface area contributed by atoms with Gasteiger partial charge in [-0.05, 0) is 24.6 Å². The summed E-state index contributed by atoms with van der Waals surface area (Å²) in [5.74, 6) is 0.620. The summed E-state index contributed by atoms with van der Waals surface area (Å²) in [4.78, 5) is 18.7. The van der Waals surface area contributed by atoms with Crippen molar-refractivity contribution in [1.82, 2.24) is 10.3 Å². The van der Waals surface area contributed by atoms with Crippen molar-refractivity contribution in [2.24, 2.45) is 5.73 Å². The number of rotatable bonds is 5. The molecule has 0 spiro atoms. The molecule has 0 saturated carbocycles. The number of nitrogens with zero attached hydrogens (tertiary/aromatic N) is 2. The van der Waals surface area contributed by atoms with Gasteiger partial charge in [-0.25, -0.2) is 4.98 Å². The van der Waals surface area contributed by atoms with Crippen molar-refractivity contribution in [3.05, 3.63) is 39.3 Å². The number of amides is 1. The first-order valence-electron chi connectivity index (χ1n) is 7.64. The molecule has 0 bridgehead atoms. The molecule has 1 fully saturated rings. The van der Waals surface area contributed by atoms with Gasteiger partial charge in [-0.1, -0.05) is 11.6 Å². The van der Waals surface area contributed by atoms with Gasteiger partial charge in [-0.2, -0.15) is 0 Å². The Morgan fingerprint density at radius 3 is 3.12 bits per heavy atom. The maximum atomic E-state index is 12.3. The van der Waals surface area contributed by atoms with Crippen LogP contribution in [0.25, 0.3) is 0 Å². The molecule has 24 heavy (non-hydrogen) atoms. The fraction of sp³-hybridized carbons (Fsp3) is 0.375. The van der Waals surface area contributed by atoms with Crippen molar-refractivity contribution in [3.63, 3.8) is 0 Å². The number of nitrogens with one attached hydrogen (secondary N) is 1. The third kappa shape index (κ3) is 3.63. The average molecular weight is 367 g/mol. The SMILES string of the molecule is COc1ccc(Cl)cc1N1CCC(NC(=O)c2csc(CN)n2)C1. The van der Waals surface area contributed by atoms with E-state index >= 15 is 0 Å². The van der Waals surface area contributed by atoms with E-state index in [9.17, 15) is 4.79 Å². The molecule has 6 nitrogen and oxygen atoms in total. The molecule has 1 aromatic heterocycles. The van der Waals surface area contributed by atoms with Crippen LogP contribution < -0.4 is 20.7 Å². The molecular weight excluding hydrogens is 348 g/mol. The second-order valence-corrected chi connectivity index (χ2v) is 6.93. The minimum Gasteiger partial charge on any atom is -0.495 e. The predicted molar refractivity (Wildman–Crippen MR) is 96.1 cm³/mol. The normalized spacial score (nSPS) is 17.1. The van der Waals surface area contributed by atoms with Gasteiger partial charge < -0.3 is 20.7 Å². The molecule has 3 N–H and O–H groups in total. The van der Waals surface area contributed by atoms with Crippen LogP contribution in [0.4, 0.5) is 5.69 Å². The zero-order chi connectivity index (χ0) is 17.1. The summed E-state index contributed by atoms with van der Waals surface area (Å²) in [7, 11) is 1.64. The molecule has 1 atom stereocenters. The summed E-state index contributed by atoms with van der Waals surface area (Å²) < 4.78 is 5.41. The third-order valence-electron chi connectivity index (χ3n) is 3.96. The molecule has 0 aliphatic carbocycles. The molecular formula is C16H19ClN4O2S. The first-order valence-corrected chi connectivity index (χ1v) is 8.90. The van der Waals surface area contributed by atoms with E-state index in [1.165, 1.54) is 11.3 Å². The highest BCUT2D eigenvalue weighted by atomic mass is 35.5. The quantitative estimate of drug-likeness (QED) is 0.848. The molecule has 2 heterocycles. The number of carbonyl (C=O) groups is 1. The highest BCUT2D eigenvalue weighted by molar-refractivity contribution is 7.09. The van der Waals surface area contributed by atoms with Crippen LogP contribution in [0, 0.1) is 0 Å². The fourth-order valence-electron chi connectivity index (χ4n) is 2.78. The van der Waals surface area contributed by atoms with Crippen molar-refractivity contribution in [2.75, 3.05) is 25.1 Å². The Morgan fingerprint density at radius 2 is 2.42 bits per heavy atom. The summed E-state index contributed by atoms with van der Waals surface area (Å²) in [6.07, 6.45) is 0.856. The van der Waals surface area contributed by atoms with Crippen molar-refractivity contribution in [3.8, 4) is 5.75 Å². The molecule has 3 rings (SSSR count). The largest absolute Gasteiger partial charge is 0.495 e. The van der Waals surface area contributed by atoms with Gasteiger partial charge in [0.15, 0.2) is 0 Å². The van der Waals surface area contributed by atoms with Gasteiger partial charge in [0.2, 0.25) is 0 Å². The predicted octanol–water partition coefficient (Wildman–Crippen LogP) is 2.27. The lowest BCUT2D eigenvalue weighted by Crippen LogP contribution is -2.37. The monoisotopic (exact) mass is 366 g/mol. The highest BCUT2D eigenvalue weighted by Crippen LogP contribution is 2.33. The maximum Gasteiger partial charge on any atom is 0.271 e. The van der Waals surface area contributed by atoms with E-state index in [4.69, 9.17) is 22.1 Å². The van der Waals surface area contributed by atoms with Crippen LogP contribution in [-0.4, -0.2) is 37.1 Å². The smallest absolute Gasteiger partial charge is 0.271 e. The van der Waals surface area contributed by atoms with Crippen LogP contribution >= 0.6 is 22.9 Å². The minimum absolute atomic E-state index is 0.0595. The molecule has 8 heteroatoms. The van der Waals surface area contributed by atoms with E-state index in [1.54, 1.807) is 18.6 Å². The van der Waals surface area contributed by atoms with E-state index in [-0.39, 0.29) is 11.9 Å². The number of halogens is 1. The molecule has 1 saturated heterocycles. The van der Waals surface area contributed by atoms with Gasteiger partial charge in [0.1, 0.15) is 16.5 Å². The van der Waals surface area contributed by atoms with Crippen molar-refractivity contribution in [2.45, 2.75) is 19.0 Å². The zero-order valence-corrected chi connectivity index (χ0v) is 14.9. The number of nitrogens with two attached hydrogens (primary N) is 1. The van der Waals surface area contributed by atoms with Gasteiger partial charge in [0, 0.05) is 36.1 Å². The molecule has 1 aromatic carbocycles. The number of thiazole rings is 1. The lowest BCUT2D eigenvalue weighted by molar-refractivity contribution is 0.0936. The van der Waals surface area contributed by atoms with Gasteiger partial charge >= 0.3 is 0 Å². The average Bonchev–Trinajstić information content (AvgIpc) is 3.24. The van der Waals surface area contributed by atoms with Gasteiger partial charge in [0.25, 0.3) is 5.91 Å². The van der Waals surface area contributed by atoms with Crippen molar-refractivity contribution >= 4 is 34.5 Å². The van der Waals surface area contributed by atoms with E-state index < -0.39 is 0 Å². The molecule has 1 amide bonds. The van der Waals surface area contributed by atoms with E-state index in [1.807, 2.05) is 12.1 Å². The van der Waals surface area contributed by atoms with Gasteiger partial charge in [-0.3, -0.25) is 4.79 Å². The molecule has 0 radical (unpaired) electrons. The van der Waals surface area contributed by atoms with Crippen LogP contribution in [0.15, 0.2) is 23.6 Å². The molecule has 1 aliphatic rings. The number of hydrogen-bond acceptors (Lipinski definition) is 6. The third-order valence-corrected chi connectivity index (χ3v) is 5.07. The van der Waals surface area contributed by atoms with E-state index in [0.29, 0.717) is 23.8 Å². The van der Waals surface area contributed by atoms with Crippen LogP contribution in [0.5, 0.6) is 5.75 Å². The summed E-state index contributed by atoms with van der Waals surface area (Å²) >= 11 is 7.50. The number of methoxy groups -OCH3 is 1. The Hall–Kier alpha value is -1.83. The Kier molecular flexibility index (Phi) is 5.23. The molecule has 1 unspecified atom stereocenters. The first-order chi connectivity index (χ1) is 11.6.